The van der Waals surface area contributed by atoms with E-state index in [1.54, 1.807) is 6.92 Å². The lowest BCUT2D eigenvalue weighted by molar-refractivity contribution is -0.384. The first-order valence-electron chi connectivity index (χ1n) is 9.62. The number of primary amides is 1. The van der Waals surface area contributed by atoms with Gasteiger partial charge in [0, 0.05) is 18.1 Å². The topological polar surface area (TPSA) is 142 Å². The number of rotatable bonds is 9. The van der Waals surface area contributed by atoms with Gasteiger partial charge in [0.05, 0.1) is 29.1 Å². The third-order valence-corrected chi connectivity index (χ3v) is 4.70. The van der Waals surface area contributed by atoms with Crippen molar-refractivity contribution in [3.63, 3.8) is 0 Å². The maximum atomic E-state index is 13.3. The molecule has 0 unspecified atom stereocenters. The number of esters is 1. The van der Waals surface area contributed by atoms with Crippen molar-refractivity contribution in [1.29, 1.82) is 0 Å². The van der Waals surface area contributed by atoms with Crippen LogP contribution in [0.5, 0.6) is 0 Å². The lowest BCUT2D eigenvalue weighted by atomic mass is 9.87. The minimum absolute atomic E-state index is 0.0123. The van der Waals surface area contributed by atoms with Crippen LogP contribution in [0.2, 0.25) is 0 Å². The van der Waals surface area contributed by atoms with E-state index in [4.69, 9.17) is 10.5 Å². The highest BCUT2D eigenvalue weighted by Crippen LogP contribution is 2.32. The second-order valence-corrected chi connectivity index (χ2v) is 6.86. The molecule has 0 fully saturated rings. The van der Waals surface area contributed by atoms with E-state index in [-0.39, 0.29) is 17.9 Å². The molecule has 2 aromatic rings. The van der Waals surface area contributed by atoms with E-state index < -0.39 is 58.4 Å². The second-order valence-electron chi connectivity index (χ2n) is 6.86. The lowest BCUT2D eigenvalue weighted by Gasteiger charge is -2.26. The predicted octanol–water partition coefficient (Wildman–Crippen LogP) is 2.93. The molecule has 176 valence electrons. The number of nitrogens with zero attached hydrogens (tertiary/aromatic N) is 1. The summed E-state index contributed by atoms with van der Waals surface area (Å²) in [5.74, 6) is -4.29. The van der Waals surface area contributed by atoms with Gasteiger partial charge in [-0.15, -0.1) is 0 Å². The molecule has 2 atom stereocenters. The average Bonchev–Trinajstić information content (AvgIpc) is 2.75. The molecule has 0 saturated carbocycles. The molecule has 0 bridgehead atoms. The molecule has 0 aliphatic heterocycles. The van der Waals surface area contributed by atoms with Gasteiger partial charge in [0.25, 0.3) is 11.6 Å². The van der Waals surface area contributed by atoms with Crippen molar-refractivity contribution in [3.05, 3.63) is 75.3 Å². The number of alkyl halides is 3. The number of non-ortho nitro benzene ring substituents is 1. The minimum Gasteiger partial charge on any atom is -0.466 e. The summed E-state index contributed by atoms with van der Waals surface area (Å²) in [6.07, 6.45) is -5.31. The van der Waals surface area contributed by atoms with E-state index in [2.05, 4.69) is 5.32 Å². The Morgan fingerprint density at radius 3 is 2.24 bits per heavy atom. The van der Waals surface area contributed by atoms with Gasteiger partial charge in [0.1, 0.15) is 6.04 Å². The molecule has 0 saturated heterocycles. The van der Waals surface area contributed by atoms with Crippen LogP contribution in [-0.4, -0.2) is 35.4 Å². The Kier molecular flexibility index (Phi) is 8.10. The summed E-state index contributed by atoms with van der Waals surface area (Å²) < 4.78 is 44.8. The number of ether oxygens (including phenoxy) is 1. The monoisotopic (exact) mass is 467 g/mol. The first kappa shape index (κ1) is 25.3. The zero-order chi connectivity index (χ0) is 24.8. The van der Waals surface area contributed by atoms with Gasteiger partial charge in [0.15, 0.2) is 0 Å². The van der Waals surface area contributed by atoms with E-state index in [9.17, 15) is 37.7 Å². The summed E-state index contributed by atoms with van der Waals surface area (Å²) in [4.78, 5) is 47.3. The summed E-state index contributed by atoms with van der Waals surface area (Å²) in [6, 6.07) is 7.09. The second kappa shape index (κ2) is 10.6. The Morgan fingerprint density at radius 2 is 1.73 bits per heavy atom. The smallest absolute Gasteiger partial charge is 0.417 e. The van der Waals surface area contributed by atoms with Crippen molar-refractivity contribution in [2.24, 2.45) is 5.73 Å². The molecule has 2 rings (SSSR count). The standard InChI is InChI=1S/C21H20F3N3O6/c1-2-33-17(28)11-15(12-7-9-13(10-8-12)27(31)32)18(19(25)29)26-20(30)14-5-3-4-6-16(14)21(22,23)24/h3-10,15,18H,2,11H2,1H3,(H2,25,29)(H,26,30)/t15-,18-/m0/s1. The Bertz CT molecular complexity index is 1040. The predicted molar refractivity (Wildman–Crippen MR) is 109 cm³/mol. The van der Waals surface area contributed by atoms with Gasteiger partial charge in [0.2, 0.25) is 5.91 Å². The van der Waals surface area contributed by atoms with Crippen molar-refractivity contribution >= 4 is 23.5 Å². The molecule has 0 aliphatic rings. The molecule has 3 N–H and O–H groups in total. The highest BCUT2D eigenvalue weighted by atomic mass is 19.4. The molecule has 0 heterocycles. The summed E-state index contributed by atoms with van der Waals surface area (Å²) in [6.45, 7) is 1.55. The van der Waals surface area contributed by atoms with Gasteiger partial charge >= 0.3 is 12.1 Å². The van der Waals surface area contributed by atoms with E-state index >= 15 is 0 Å². The van der Waals surface area contributed by atoms with Crippen molar-refractivity contribution in [1.82, 2.24) is 5.32 Å². The van der Waals surface area contributed by atoms with E-state index in [1.807, 2.05) is 0 Å². The summed E-state index contributed by atoms with van der Waals surface area (Å²) in [7, 11) is 0. The Labute approximate surface area is 185 Å². The molecule has 9 nitrogen and oxygen atoms in total. The highest BCUT2D eigenvalue weighted by molar-refractivity contribution is 5.99. The number of nitrogens with one attached hydrogen (secondary N) is 1. The lowest BCUT2D eigenvalue weighted by Crippen LogP contribution is -2.49. The first-order chi connectivity index (χ1) is 15.5. The van der Waals surface area contributed by atoms with Crippen LogP contribution in [-0.2, 0) is 20.5 Å². The van der Waals surface area contributed by atoms with Gasteiger partial charge in [-0.2, -0.15) is 13.2 Å². The average molecular weight is 467 g/mol. The zero-order valence-corrected chi connectivity index (χ0v) is 17.3. The number of benzene rings is 2. The number of amides is 2. The van der Waals surface area contributed by atoms with E-state index in [1.165, 1.54) is 18.2 Å². The Morgan fingerprint density at radius 1 is 1.12 bits per heavy atom. The van der Waals surface area contributed by atoms with Crippen molar-refractivity contribution < 1.29 is 37.2 Å². The van der Waals surface area contributed by atoms with Gasteiger partial charge in [-0.05, 0) is 24.6 Å². The van der Waals surface area contributed by atoms with E-state index in [0.717, 1.165) is 24.3 Å². The molecule has 2 amide bonds. The van der Waals surface area contributed by atoms with Crippen LogP contribution < -0.4 is 11.1 Å². The maximum Gasteiger partial charge on any atom is 0.417 e. The van der Waals surface area contributed by atoms with Crippen LogP contribution in [0, 0.1) is 10.1 Å². The Hall–Kier alpha value is -3.96. The number of hydrogen-bond donors (Lipinski definition) is 2. The highest BCUT2D eigenvalue weighted by Gasteiger charge is 2.37. The van der Waals surface area contributed by atoms with Crippen LogP contribution in [0.1, 0.15) is 40.7 Å². The number of carbonyl (C=O) groups is 3. The third kappa shape index (κ3) is 6.51. The normalized spacial score (nSPS) is 13.0. The molecule has 33 heavy (non-hydrogen) atoms. The Balaban J connectivity index is 2.45. The van der Waals surface area contributed by atoms with Gasteiger partial charge in [-0.1, -0.05) is 24.3 Å². The van der Waals surface area contributed by atoms with E-state index in [0.29, 0.717) is 6.07 Å². The summed E-state index contributed by atoms with van der Waals surface area (Å²) >= 11 is 0. The number of halogens is 3. The molecular formula is C21H20F3N3O6. The molecule has 0 spiro atoms. The number of nitro groups is 1. The van der Waals surface area contributed by atoms with Crippen LogP contribution in [0.15, 0.2) is 48.5 Å². The third-order valence-electron chi connectivity index (χ3n) is 4.70. The summed E-state index contributed by atoms with van der Waals surface area (Å²) in [5.41, 5.74) is 3.40. The summed E-state index contributed by atoms with van der Waals surface area (Å²) in [5, 5.41) is 13.1. The van der Waals surface area contributed by atoms with Crippen molar-refractivity contribution in [2.45, 2.75) is 31.5 Å². The van der Waals surface area contributed by atoms with Crippen LogP contribution in [0.3, 0.4) is 0 Å². The molecule has 0 aliphatic carbocycles. The largest absolute Gasteiger partial charge is 0.466 e. The number of hydrogen-bond acceptors (Lipinski definition) is 6. The number of nitrogens with two attached hydrogens (primary N) is 1. The van der Waals surface area contributed by atoms with Gasteiger partial charge < -0.3 is 15.8 Å². The molecule has 2 aromatic carbocycles. The molecule has 0 radical (unpaired) electrons. The van der Waals surface area contributed by atoms with Crippen molar-refractivity contribution in [3.8, 4) is 0 Å². The SMILES string of the molecule is CCOC(=O)C[C@@H](c1ccc([N+](=O)[O-])cc1)[C@H](NC(=O)c1ccccc1C(F)(F)F)C(N)=O. The van der Waals surface area contributed by atoms with Crippen molar-refractivity contribution in [2.75, 3.05) is 6.61 Å². The first-order valence-corrected chi connectivity index (χ1v) is 9.62. The maximum absolute atomic E-state index is 13.3. The molecule has 12 heteroatoms. The van der Waals surface area contributed by atoms with Gasteiger partial charge in [-0.3, -0.25) is 24.5 Å². The number of carbonyl (C=O) groups excluding carboxylic acids is 3. The van der Waals surface area contributed by atoms with Crippen LogP contribution in [0.4, 0.5) is 18.9 Å². The fourth-order valence-corrected chi connectivity index (χ4v) is 3.19. The minimum atomic E-state index is -4.83. The quantitative estimate of drug-likeness (QED) is 0.330. The molecule has 0 aromatic heterocycles. The number of nitro benzene ring substituents is 1. The fourth-order valence-electron chi connectivity index (χ4n) is 3.19. The zero-order valence-electron chi connectivity index (χ0n) is 17.3. The van der Waals surface area contributed by atoms with Gasteiger partial charge in [-0.25, -0.2) is 0 Å². The fraction of sp³-hybridized carbons (Fsp3) is 0.286. The van der Waals surface area contributed by atoms with Crippen LogP contribution >= 0.6 is 0 Å². The molecular weight excluding hydrogens is 447 g/mol. The van der Waals surface area contributed by atoms with Crippen LogP contribution in [0.25, 0.3) is 0 Å².